The molecule has 0 saturated carbocycles. The topological polar surface area (TPSA) is 91.6 Å². The second-order valence-electron chi connectivity index (χ2n) is 6.89. The van der Waals surface area contributed by atoms with Gasteiger partial charge in [-0.15, -0.1) is 24.0 Å². The lowest BCUT2D eigenvalue weighted by atomic mass is 10.1. The number of carbonyl (C=O) groups excluding carboxylic acids is 1. The van der Waals surface area contributed by atoms with Gasteiger partial charge in [0.1, 0.15) is 12.0 Å². The van der Waals surface area contributed by atoms with E-state index in [1.165, 1.54) is 5.56 Å². The van der Waals surface area contributed by atoms with Gasteiger partial charge in [0.25, 0.3) is 5.91 Å². The van der Waals surface area contributed by atoms with Crippen molar-refractivity contribution in [2.24, 2.45) is 4.99 Å². The molecule has 0 atom stereocenters. The van der Waals surface area contributed by atoms with Crippen LogP contribution in [0.2, 0.25) is 5.02 Å². The highest BCUT2D eigenvalue weighted by molar-refractivity contribution is 14.0. The molecule has 1 amide bonds. The van der Waals surface area contributed by atoms with Crippen molar-refractivity contribution < 1.29 is 9.21 Å². The van der Waals surface area contributed by atoms with E-state index >= 15 is 0 Å². The Balaban J connectivity index is 0.00000363. The van der Waals surface area contributed by atoms with Gasteiger partial charge in [-0.1, -0.05) is 29.3 Å². The quantitative estimate of drug-likeness (QED) is 0.162. The van der Waals surface area contributed by atoms with E-state index in [1.54, 1.807) is 30.5 Å². The summed E-state index contributed by atoms with van der Waals surface area (Å²) in [5, 5.41) is 9.83. The molecule has 0 aliphatic carbocycles. The average Bonchev–Trinajstić information content (AvgIpc) is 3.25. The summed E-state index contributed by atoms with van der Waals surface area (Å²) in [6.07, 6.45) is 1.62. The zero-order chi connectivity index (χ0) is 22.1. The van der Waals surface area contributed by atoms with Crippen molar-refractivity contribution in [3.63, 3.8) is 0 Å². The van der Waals surface area contributed by atoms with Gasteiger partial charge < -0.3 is 20.4 Å². The Morgan fingerprint density at radius 3 is 2.41 bits per heavy atom. The second-order valence-corrected chi connectivity index (χ2v) is 7.33. The first-order valence-electron chi connectivity index (χ1n) is 10.1. The third kappa shape index (κ3) is 7.83. The van der Waals surface area contributed by atoms with Crippen molar-refractivity contribution in [2.75, 3.05) is 19.6 Å². The predicted octanol–water partition coefficient (Wildman–Crippen LogP) is 4.41. The summed E-state index contributed by atoms with van der Waals surface area (Å²) in [6, 6.07) is 14.8. The van der Waals surface area contributed by atoms with Crippen LogP contribution in [0.15, 0.2) is 64.2 Å². The normalized spacial score (nSPS) is 10.9. The molecule has 2 aromatic carbocycles. The largest absolute Gasteiger partial charge is 0.444 e. The molecule has 0 radical (unpaired) electrons. The van der Waals surface area contributed by atoms with Crippen LogP contribution in [-0.2, 0) is 6.54 Å². The van der Waals surface area contributed by atoms with Crippen LogP contribution in [0.5, 0.6) is 0 Å². The van der Waals surface area contributed by atoms with Crippen LogP contribution in [0.1, 0.15) is 28.5 Å². The minimum Gasteiger partial charge on any atom is -0.444 e. The van der Waals surface area contributed by atoms with E-state index in [0.717, 1.165) is 17.8 Å². The van der Waals surface area contributed by atoms with Gasteiger partial charge in [-0.05, 0) is 50.2 Å². The smallest absolute Gasteiger partial charge is 0.251 e. The number of halogens is 2. The van der Waals surface area contributed by atoms with Gasteiger partial charge in [-0.3, -0.25) is 4.79 Å². The van der Waals surface area contributed by atoms with E-state index in [-0.39, 0.29) is 29.9 Å². The molecule has 32 heavy (non-hydrogen) atoms. The van der Waals surface area contributed by atoms with Gasteiger partial charge in [-0.25, -0.2) is 9.98 Å². The van der Waals surface area contributed by atoms with E-state index < -0.39 is 0 Å². The Kier molecular flexibility index (Phi) is 10.5. The first-order chi connectivity index (χ1) is 15.0. The number of nitrogens with one attached hydrogen (secondary N) is 3. The summed E-state index contributed by atoms with van der Waals surface area (Å²) in [5.41, 5.74) is 3.43. The van der Waals surface area contributed by atoms with Crippen LogP contribution in [0.4, 0.5) is 0 Å². The zero-order valence-electron chi connectivity index (χ0n) is 18.0. The maximum Gasteiger partial charge on any atom is 0.251 e. The van der Waals surface area contributed by atoms with Crippen molar-refractivity contribution in [3.05, 3.63) is 76.6 Å². The van der Waals surface area contributed by atoms with E-state index in [2.05, 4.69) is 25.9 Å². The summed E-state index contributed by atoms with van der Waals surface area (Å²) < 4.78 is 5.58. The molecule has 0 saturated heterocycles. The molecule has 0 unspecified atom stereocenters. The van der Waals surface area contributed by atoms with E-state index in [1.807, 2.05) is 38.1 Å². The Hall–Kier alpha value is -2.59. The molecule has 9 heteroatoms. The number of nitrogens with zero attached hydrogens (tertiary/aromatic N) is 2. The molecule has 0 aliphatic heterocycles. The van der Waals surface area contributed by atoms with Crippen LogP contribution in [0.25, 0.3) is 11.5 Å². The van der Waals surface area contributed by atoms with Gasteiger partial charge in [0, 0.05) is 35.8 Å². The number of oxazole rings is 1. The fourth-order valence-corrected chi connectivity index (χ4v) is 2.90. The van der Waals surface area contributed by atoms with E-state index in [9.17, 15) is 4.79 Å². The monoisotopic (exact) mass is 567 g/mol. The van der Waals surface area contributed by atoms with Crippen LogP contribution in [-0.4, -0.2) is 36.5 Å². The molecule has 0 fully saturated rings. The number of guanidine groups is 1. The highest BCUT2D eigenvalue weighted by Crippen LogP contribution is 2.19. The molecule has 3 aromatic rings. The van der Waals surface area contributed by atoms with Gasteiger partial charge in [0.15, 0.2) is 5.96 Å². The average molecular weight is 568 g/mol. The maximum atomic E-state index is 12.1. The highest BCUT2D eigenvalue weighted by atomic mass is 127. The number of rotatable bonds is 8. The fraction of sp³-hybridized carbons (Fsp3) is 0.261. The van der Waals surface area contributed by atoms with Crippen molar-refractivity contribution in [1.29, 1.82) is 0 Å². The number of aryl methyl sites for hydroxylation is 1. The number of hydrogen-bond acceptors (Lipinski definition) is 4. The first kappa shape index (κ1) is 25.7. The van der Waals surface area contributed by atoms with E-state index in [4.69, 9.17) is 16.0 Å². The number of aromatic nitrogens is 1. The molecule has 7 nitrogen and oxygen atoms in total. The number of hydrogen-bond donors (Lipinski definition) is 3. The van der Waals surface area contributed by atoms with E-state index in [0.29, 0.717) is 42.1 Å². The van der Waals surface area contributed by atoms with Crippen LogP contribution < -0.4 is 16.0 Å². The third-order valence-electron chi connectivity index (χ3n) is 4.40. The number of benzene rings is 2. The number of carbonyl (C=O) groups is 1. The lowest BCUT2D eigenvalue weighted by molar-refractivity contribution is 0.0954. The Bertz CT molecular complexity index is 1020. The lowest BCUT2D eigenvalue weighted by Crippen LogP contribution is -2.41. The molecule has 0 bridgehead atoms. The SMILES string of the molecule is CCNC(=NCc1coc(-c2ccc(C)cc2)n1)NCCNC(=O)c1ccc(Cl)cc1.I. The summed E-state index contributed by atoms with van der Waals surface area (Å²) in [4.78, 5) is 21.2. The minimum absolute atomic E-state index is 0. The fourth-order valence-electron chi connectivity index (χ4n) is 2.77. The Morgan fingerprint density at radius 2 is 1.72 bits per heavy atom. The van der Waals surface area contributed by atoms with Crippen molar-refractivity contribution >= 4 is 47.4 Å². The van der Waals surface area contributed by atoms with Crippen LogP contribution >= 0.6 is 35.6 Å². The van der Waals surface area contributed by atoms with Crippen molar-refractivity contribution in [3.8, 4) is 11.5 Å². The number of amides is 1. The molecule has 3 N–H and O–H groups in total. The molecular formula is C23H27ClIN5O2. The van der Waals surface area contributed by atoms with Gasteiger partial charge in [0.2, 0.25) is 5.89 Å². The summed E-state index contributed by atoms with van der Waals surface area (Å²) in [5.74, 6) is 1.07. The van der Waals surface area contributed by atoms with Gasteiger partial charge >= 0.3 is 0 Å². The summed E-state index contributed by atoms with van der Waals surface area (Å²) >= 11 is 5.85. The highest BCUT2D eigenvalue weighted by Gasteiger charge is 2.07. The zero-order valence-corrected chi connectivity index (χ0v) is 21.1. The molecule has 3 rings (SSSR count). The summed E-state index contributed by atoms with van der Waals surface area (Å²) in [6.45, 7) is 6.10. The molecule has 1 aromatic heterocycles. The lowest BCUT2D eigenvalue weighted by Gasteiger charge is -2.11. The maximum absolute atomic E-state index is 12.1. The van der Waals surface area contributed by atoms with Gasteiger partial charge in [-0.2, -0.15) is 0 Å². The van der Waals surface area contributed by atoms with Crippen molar-refractivity contribution in [2.45, 2.75) is 20.4 Å². The molecule has 170 valence electrons. The summed E-state index contributed by atoms with van der Waals surface area (Å²) in [7, 11) is 0. The van der Waals surface area contributed by atoms with Crippen LogP contribution in [0, 0.1) is 6.92 Å². The molecular weight excluding hydrogens is 541 g/mol. The molecule has 0 spiro atoms. The Morgan fingerprint density at radius 1 is 1.03 bits per heavy atom. The van der Waals surface area contributed by atoms with Gasteiger partial charge in [0.05, 0.1) is 6.54 Å². The van der Waals surface area contributed by atoms with Crippen molar-refractivity contribution in [1.82, 2.24) is 20.9 Å². The molecule has 0 aliphatic rings. The number of aliphatic imine (C=N–C) groups is 1. The second kappa shape index (κ2) is 13.1. The third-order valence-corrected chi connectivity index (χ3v) is 4.66. The Labute approximate surface area is 210 Å². The first-order valence-corrected chi connectivity index (χ1v) is 10.5. The minimum atomic E-state index is -0.147. The van der Waals surface area contributed by atoms with Crippen LogP contribution in [0.3, 0.4) is 0 Å². The predicted molar refractivity (Wildman–Crippen MR) is 139 cm³/mol. The standard InChI is InChI=1S/C23H26ClN5O2.HI/c1-3-25-23(27-13-12-26-21(30)17-8-10-19(24)11-9-17)28-14-20-15-31-22(29-20)18-6-4-16(2)5-7-18;/h4-11,15H,3,12-14H2,1-2H3,(H,26,30)(H2,25,27,28);1H. The molecule has 1 heterocycles.